The Morgan fingerprint density at radius 1 is 1.12 bits per heavy atom. The summed E-state index contributed by atoms with van der Waals surface area (Å²) in [6.45, 7) is 3.87. The van der Waals surface area contributed by atoms with Crippen molar-refractivity contribution in [1.82, 2.24) is 5.32 Å². The number of methoxy groups -OCH3 is 2. The molecule has 0 amide bonds. The van der Waals surface area contributed by atoms with Gasteiger partial charge in [-0.3, -0.25) is 0 Å². The van der Waals surface area contributed by atoms with Crippen molar-refractivity contribution in [2.24, 2.45) is 0 Å². The number of hydrogen-bond acceptors (Lipinski definition) is 4. The van der Waals surface area contributed by atoms with E-state index in [-0.39, 0.29) is 0 Å². The van der Waals surface area contributed by atoms with Gasteiger partial charge in [0.2, 0.25) is 0 Å². The van der Waals surface area contributed by atoms with Crippen molar-refractivity contribution in [2.75, 3.05) is 45.3 Å². The first kappa shape index (κ1) is 12.3. The van der Waals surface area contributed by atoms with Crippen molar-refractivity contribution in [1.29, 1.82) is 0 Å². The molecule has 0 atom stereocenters. The molecule has 17 heavy (non-hydrogen) atoms. The molecular weight excluding hydrogens is 240 g/mol. The number of benzene rings is 1. The Bertz CT molecular complexity index is 392. The Labute approximate surface area is 106 Å². The number of rotatable bonds is 3. The summed E-state index contributed by atoms with van der Waals surface area (Å²) in [5, 5.41) is 3.93. The second kappa shape index (κ2) is 5.47. The van der Waals surface area contributed by atoms with Crippen LogP contribution in [0.15, 0.2) is 12.1 Å². The van der Waals surface area contributed by atoms with E-state index < -0.39 is 0 Å². The second-order valence-electron chi connectivity index (χ2n) is 3.90. The first-order chi connectivity index (χ1) is 8.26. The number of anilines is 1. The number of piperazine rings is 1. The molecule has 1 saturated heterocycles. The smallest absolute Gasteiger partial charge is 0.145 e. The van der Waals surface area contributed by atoms with Gasteiger partial charge in [0.1, 0.15) is 11.5 Å². The molecule has 0 saturated carbocycles. The highest BCUT2D eigenvalue weighted by Crippen LogP contribution is 2.38. The van der Waals surface area contributed by atoms with E-state index in [2.05, 4.69) is 10.2 Å². The highest BCUT2D eigenvalue weighted by molar-refractivity contribution is 6.32. The summed E-state index contributed by atoms with van der Waals surface area (Å²) in [6, 6.07) is 3.74. The van der Waals surface area contributed by atoms with Crippen LogP contribution in [0.5, 0.6) is 11.5 Å². The zero-order chi connectivity index (χ0) is 12.3. The van der Waals surface area contributed by atoms with E-state index in [1.807, 2.05) is 12.1 Å². The van der Waals surface area contributed by atoms with Gasteiger partial charge in [-0.2, -0.15) is 0 Å². The predicted octanol–water partition coefficient (Wildman–Crippen LogP) is 1.77. The van der Waals surface area contributed by atoms with Gasteiger partial charge in [-0.15, -0.1) is 0 Å². The minimum Gasteiger partial charge on any atom is -0.495 e. The number of ether oxygens (including phenoxy) is 2. The lowest BCUT2D eigenvalue weighted by atomic mass is 10.2. The van der Waals surface area contributed by atoms with Gasteiger partial charge in [0.25, 0.3) is 0 Å². The summed E-state index contributed by atoms with van der Waals surface area (Å²) in [7, 11) is 3.26. The maximum atomic E-state index is 6.15. The Balaban J connectivity index is 2.34. The normalized spacial score (nSPS) is 15.8. The third-order valence-electron chi connectivity index (χ3n) is 2.91. The predicted molar refractivity (Wildman–Crippen MR) is 69.6 cm³/mol. The van der Waals surface area contributed by atoms with E-state index >= 15 is 0 Å². The van der Waals surface area contributed by atoms with Gasteiger partial charge in [0.15, 0.2) is 0 Å². The van der Waals surface area contributed by atoms with E-state index in [1.165, 1.54) is 0 Å². The van der Waals surface area contributed by atoms with Crippen LogP contribution in [0, 0.1) is 0 Å². The van der Waals surface area contributed by atoms with Crippen LogP contribution in [0.25, 0.3) is 0 Å². The fraction of sp³-hybridized carbons (Fsp3) is 0.500. The third-order valence-corrected chi connectivity index (χ3v) is 3.21. The summed E-state index contributed by atoms with van der Waals surface area (Å²) < 4.78 is 10.6. The SMILES string of the molecule is COc1cc(OC)c(N2CCNCC2)cc1Cl. The molecule has 0 unspecified atom stereocenters. The molecule has 1 aliphatic heterocycles. The molecule has 5 heteroatoms. The Morgan fingerprint density at radius 3 is 2.35 bits per heavy atom. The highest BCUT2D eigenvalue weighted by atomic mass is 35.5. The van der Waals surface area contributed by atoms with Crippen molar-refractivity contribution in [3.8, 4) is 11.5 Å². The number of hydrogen-bond donors (Lipinski definition) is 1. The van der Waals surface area contributed by atoms with Crippen molar-refractivity contribution in [3.63, 3.8) is 0 Å². The molecule has 0 spiro atoms. The molecule has 4 nitrogen and oxygen atoms in total. The van der Waals surface area contributed by atoms with E-state index in [9.17, 15) is 0 Å². The average molecular weight is 257 g/mol. The van der Waals surface area contributed by atoms with Crippen LogP contribution >= 0.6 is 11.6 Å². The molecule has 1 aromatic carbocycles. The molecule has 94 valence electrons. The lowest BCUT2D eigenvalue weighted by Crippen LogP contribution is -2.43. The quantitative estimate of drug-likeness (QED) is 0.894. The van der Waals surface area contributed by atoms with E-state index in [0.29, 0.717) is 10.8 Å². The fourth-order valence-corrected chi connectivity index (χ4v) is 2.23. The largest absolute Gasteiger partial charge is 0.495 e. The lowest BCUT2D eigenvalue weighted by molar-refractivity contribution is 0.393. The van der Waals surface area contributed by atoms with Gasteiger partial charge in [0.05, 0.1) is 24.9 Å². The van der Waals surface area contributed by atoms with Crippen molar-refractivity contribution in [3.05, 3.63) is 17.2 Å². The molecule has 1 fully saturated rings. The molecule has 1 heterocycles. The third kappa shape index (κ3) is 2.58. The summed E-state index contributed by atoms with van der Waals surface area (Å²) in [6.07, 6.45) is 0. The lowest BCUT2D eigenvalue weighted by Gasteiger charge is -2.30. The van der Waals surface area contributed by atoms with Gasteiger partial charge >= 0.3 is 0 Å². The van der Waals surface area contributed by atoms with Crippen LogP contribution in [-0.2, 0) is 0 Å². The Morgan fingerprint density at radius 2 is 1.76 bits per heavy atom. The van der Waals surface area contributed by atoms with Gasteiger partial charge in [-0.05, 0) is 6.07 Å². The second-order valence-corrected chi connectivity index (χ2v) is 4.30. The van der Waals surface area contributed by atoms with Crippen LogP contribution in [0.3, 0.4) is 0 Å². The zero-order valence-electron chi connectivity index (χ0n) is 10.1. The van der Waals surface area contributed by atoms with Crippen molar-refractivity contribution in [2.45, 2.75) is 0 Å². The summed E-state index contributed by atoms with van der Waals surface area (Å²) >= 11 is 6.15. The molecule has 1 N–H and O–H groups in total. The molecule has 0 radical (unpaired) electrons. The van der Waals surface area contributed by atoms with E-state index in [0.717, 1.165) is 37.6 Å². The first-order valence-electron chi connectivity index (χ1n) is 5.63. The Hall–Kier alpha value is -1.13. The van der Waals surface area contributed by atoms with Gasteiger partial charge in [0, 0.05) is 32.2 Å². The van der Waals surface area contributed by atoms with E-state index in [4.69, 9.17) is 21.1 Å². The number of nitrogens with one attached hydrogen (secondary N) is 1. The van der Waals surface area contributed by atoms with Crippen LogP contribution in [0.1, 0.15) is 0 Å². The molecule has 1 aromatic rings. The number of nitrogens with zero attached hydrogens (tertiary/aromatic N) is 1. The maximum absolute atomic E-state index is 6.15. The molecular formula is C12H17ClN2O2. The van der Waals surface area contributed by atoms with Crippen molar-refractivity contribution < 1.29 is 9.47 Å². The van der Waals surface area contributed by atoms with Crippen molar-refractivity contribution >= 4 is 17.3 Å². The summed E-state index contributed by atoms with van der Waals surface area (Å²) in [5.41, 5.74) is 1.03. The monoisotopic (exact) mass is 256 g/mol. The minimum atomic E-state index is 0.613. The van der Waals surface area contributed by atoms with Crippen LogP contribution < -0.4 is 19.7 Å². The van der Waals surface area contributed by atoms with Crippen LogP contribution in [0.4, 0.5) is 5.69 Å². The Kier molecular flexibility index (Phi) is 3.97. The fourth-order valence-electron chi connectivity index (χ4n) is 2.00. The molecule has 2 rings (SSSR count). The standard InChI is InChI=1S/C12H17ClN2O2/c1-16-11-8-12(17-2)10(7-9(11)13)15-5-3-14-4-6-15/h7-8,14H,3-6H2,1-2H3. The summed E-state index contributed by atoms with van der Waals surface area (Å²) in [4.78, 5) is 2.26. The van der Waals surface area contributed by atoms with E-state index in [1.54, 1.807) is 14.2 Å². The number of halogens is 1. The highest BCUT2D eigenvalue weighted by Gasteiger charge is 2.17. The van der Waals surface area contributed by atoms with Crippen LogP contribution in [0.2, 0.25) is 5.02 Å². The molecule has 0 bridgehead atoms. The van der Waals surface area contributed by atoms with Gasteiger partial charge in [-0.25, -0.2) is 0 Å². The van der Waals surface area contributed by atoms with Gasteiger partial charge in [-0.1, -0.05) is 11.6 Å². The van der Waals surface area contributed by atoms with Gasteiger partial charge < -0.3 is 19.7 Å². The first-order valence-corrected chi connectivity index (χ1v) is 6.01. The average Bonchev–Trinajstić information content (AvgIpc) is 2.39. The maximum Gasteiger partial charge on any atom is 0.145 e. The molecule has 0 aliphatic carbocycles. The molecule has 0 aromatic heterocycles. The zero-order valence-corrected chi connectivity index (χ0v) is 10.9. The molecule has 1 aliphatic rings. The summed E-state index contributed by atoms with van der Waals surface area (Å²) in [5.74, 6) is 1.44. The van der Waals surface area contributed by atoms with Crippen LogP contribution in [-0.4, -0.2) is 40.4 Å². The topological polar surface area (TPSA) is 33.7 Å². The minimum absolute atomic E-state index is 0.613.